The van der Waals surface area contributed by atoms with Gasteiger partial charge in [0.15, 0.2) is 0 Å². The van der Waals surface area contributed by atoms with Gasteiger partial charge in [-0.05, 0) is 36.9 Å². The second-order valence-corrected chi connectivity index (χ2v) is 6.29. The van der Waals surface area contributed by atoms with Crippen molar-refractivity contribution in [3.8, 4) is 0 Å². The third-order valence-corrected chi connectivity index (χ3v) is 4.73. The van der Waals surface area contributed by atoms with E-state index in [1.54, 1.807) is 0 Å². The summed E-state index contributed by atoms with van der Waals surface area (Å²) in [5.74, 6) is -0.0705. The van der Waals surface area contributed by atoms with Crippen LogP contribution < -0.4 is 11.1 Å². The highest BCUT2D eigenvalue weighted by molar-refractivity contribution is 7.09. The Bertz CT molecular complexity index is 638. The van der Waals surface area contributed by atoms with Crippen molar-refractivity contribution in [3.63, 3.8) is 0 Å². The second-order valence-electron chi connectivity index (χ2n) is 5.35. The van der Waals surface area contributed by atoms with Crippen LogP contribution in [0.15, 0.2) is 29.6 Å². The molecule has 1 amide bonds. The highest BCUT2D eigenvalue weighted by Gasteiger charge is 2.21. The fraction of sp³-hybridized carbons (Fsp3) is 0.375. The van der Waals surface area contributed by atoms with Gasteiger partial charge < -0.3 is 11.1 Å². The smallest absolute Gasteiger partial charge is 0.270 e. The number of amides is 1. The third kappa shape index (κ3) is 3.31. The number of hydrogen-bond acceptors (Lipinski definition) is 4. The SMILES string of the molecule is NCCc1nc(C(=O)NC2CCc3ccccc3C2)cs1. The minimum Gasteiger partial charge on any atom is -0.348 e. The van der Waals surface area contributed by atoms with Gasteiger partial charge in [-0.15, -0.1) is 11.3 Å². The molecule has 0 saturated carbocycles. The molecule has 1 heterocycles. The predicted octanol–water partition coefficient (Wildman–Crippen LogP) is 1.93. The Morgan fingerprint density at radius 1 is 1.38 bits per heavy atom. The maximum atomic E-state index is 12.2. The number of benzene rings is 1. The molecule has 1 aromatic carbocycles. The Kier molecular flexibility index (Phi) is 4.31. The van der Waals surface area contributed by atoms with Crippen molar-refractivity contribution in [1.29, 1.82) is 0 Å². The average molecular weight is 301 g/mol. The predicted molar refractivity (Wildman–Crippen MR) is 84.6 cm³/mol. The summed E-state index contributed by atoms with van der Waals surface area (Å²) in [5, 5.41) is 5.85. The third-order valence-electron chi connectivity index (χ3n) is 3.82. The summed E-state index contributed by atoms with van der Waals surface area (Å²) in [5.41, 5.74) is 8.77. The van der Waals surface area contributed by atoms with Gasteiger partial charge in [0, 0.05) is 17.8 Å². The minimum atomic E-state index is -0.0705. The zero-order valence-electron chi connectivity index (χ0n) is 11.8. The molecule has 0 radical (unpaired) electrons. The number of fused-ring (bicyclic) bond motifs is 1. The van der Waals surface area contributed by atoms with Crippen molar-refractivity contribution in [3.05, 3.63) is 51.5 Å². The topological polar surface area (TPSA) is 68.0 Å². The monoisotopic (exact) mass is 301 g/mol. The lowest BCUT2D eigenvalue weighted by molar-refractivity contribution is 0.0929. The van der Waals surface area contributed by atoms with Crippen molar-refractivity contribution >= 4 is 17.2 Å². The number of hydrogen-bond donors (Lipinski definition) is 2. The molecule has 3 N–H and O–H groups in total. The van der Waals surface area contributed by atoms with E-state index in [-0.39, 0.29) is 11.9 Å². The van der Waals surface area contributed by atoms with Gasteiger partial charge in [-0.3, -0.25) is 4.79 Å². The number of rotatable bonds is 4. The molecule has 0 bridgehead atoms. The zero-order chi connectivity index (χ0) is 14.7. The molecule has 5 heteroatoms. The molecule has 0 spiro atoms. The first-order chi connectivity index (χ1) is 10.3. The fourth-order valence-electron chi connectivity index (χ4n) is 2.73. The maximum Gasteiger partial charge on any atom is 0.270 e. The van der Waals surface area contributed by atoms with E-state index in [9.17, 15) is 4.79 Å². The zero-order valence-corrected chi connectivity index (χ0v) is 12.7. The normalized spacial score (nSPS) is 17.3. The van der Waals surface area contributed by atoms with Crippen LogP contribution >= 0.6 is 11.3 Å². The Labute approximate surface area is 128 Å². The van der Waals surface area contributed by atoms with E-state index in [2.05, 4.69) is 34.6 Å². The van der Waals surface area contributed by atoms with Crippen molar-refractivity contribution in [2.45, 2.75) is 31.7 Å². The number of aromatic nitrogens is 1. The van der Waals surface area contributed by atoms with E-state index in [0.717, 1.165) is 30.7 Å². The highest BCUT2D eigenvalue weighted by Crippen LogP contribution is 2.21. The first-order valence-electron chi connectivity index (χ1n) is 7.28. The molecule has 4 nitrogen and oxygen atoms in total. The van der Waals surface area contributed by atoms with Crippen LogP contribution in [0.1, 0.15) is 33.0 Å². The molecule has 1 unspecified atom stereocenters. The Hall–Kier alpha value is -1.72. The Morgan fingerprint density at radius 2 is 2.19 bits per heavy atom. The van der Waals surface area contributed by atoms with Crippen LogP contribution in [0.3, 0.4) is 0 Å². The molecule has 1 atom stereocenters. The number of nitrogens with two attached hydrogens (primary N) is 1. The van der Waals surface area contributed by atoms with Crippen LogP contribution in [-0.4, -0.2) is 23.5 Å². The molecule has 110 valence electrons. The highest BCUT2D eigenvalue weighted by atomic mass is 32.1. The van der Waals surface area contributed by atoms with Gasteiger partial charge in [-0.2, -0.15) is 0 Å². The summed E-state index contributed by atoms with van der Waals surface area (Å²) < 4.78 is 0. The van der Waals surface area contributed by atoms with Crippen LogP contribution in [-0.2, 0) is 19.3 Å². The first kappa shape index (κ1) is 14.2. The van der Waals surface area contributed by atoms with Crippen molar-refractivity contribution in [1.82, 2.24) is 10.3 Å². The molecule has 21 heavy (non-hydrogen) atoms. The summed E-state index contributed by atoms with van der Waals surface area (Å²) >= 11 is 1.50. The molecule has 1 aliphatic carbocycles. The number of carbonyl (C=O) groups is 1. The van der Waals surface area contributed by atoms with E-state index < -0.39 is 0 Å². The lowest BCUT2D eigenvalue weighted by Gasteiger charge is -2.25. The van der Waals surface area contributed by atoms with Crippen molar-refractivity contribution in [2.75, 3.05) is 6.54 Å². The quantitative estimate of drug-likeness (QED) is 0.906. The number of nitrogens with zero attached hydrogens (tertiary/aromatic N) is 1. The van der Waals surface area contributed by atoms with Crippen LogP contribution in [0.2, 0.25) is 0 Å². The van der Waals surface area contributed by atoms with Gasteiger partial charge in [0.25, 0.3) is 5.91 Å². The standard InChI is InChI=1S/C16H19N3OS/c17-8-7-15-19-14(10-21-15)16(20)18-13-6-5-11-3-1-2-4-12(11)9-13/h1-4,10,13H,5-9,17H2,(H,18,20). The van der Waals surface area contributed by atoms with Crippen LogP contribution in [0, 0.1) is 0 Å². The molecule has 3 rings (SSSR count). The average Bonchev–Trinajstić information content (AvgIpc) is 2.96. The van der Waals surface area contributed by atoms with E-state index >= 15 is 0 Å². The van der Waals surface area contributed by atoms with Crippen molar-refractivity contribution in [2.24, 2.45) is 5.73 Å². The summed E-state index contributed by atoms with van der Waals surface area (Å²) in [4.78, 5) is 16.6. The van der Waals surface area contributed by atoms with Crippen molar-refractivity contribution < 1.29 is 4.79 Å². The first-order valence-corrected chi connectivity index (χ1v) is 8.16. The Morgan fingerprint density at radius 3 is 3.00 bits per heavy atom. The van der Waals surface area contributed by atoms with Gasteiger partial charge in [0.05, 0.1) is 5.01 Å². The Balaban J connectivity index is 1.63. The molecular weight excluding hydrogens is 282 g/mol. The number of thiazole rings is 1. The lowest BCUT2D eigenvalue weighted by Crippen LogP contribution is -2.39. The molecular formula is C16H19N3OS. The van der Waals surface area contributed by atoms with Gasteiger partial charge in [0.1, 0.15) is 5.69 Å². The molecule has 0 aliphatic heterocycles. The number of carbonyl (C=O) groups excluding carboxylic acids is 1. The van der Waals surface area contributed by atoms with Crippen LogP contribution in [0.25, 0.3) is 0 Å². The molecule has 2 aromatic rings. The number of nitrogens with one attached hydrogen (secondary N) is 1. The van der Waals surface area contributed by atoms with Gasteiger partial charge >= 0.3 is 0 Å². The van der Waals surface area contributed by atoms with E-state index in [0.29, 0.717) is 12.2 Å². The maximum absolute atomic E-state index is 12.2. The van der Waals surface area contributed by atoms with Gasteiger partial charge in [-0.1, -0.05) is 24.3 Å². The van der Waals surface area contributed by atoms with E-state index in [4.69, 9.17) is 5.73 Å². The molecule has 1 aliphatic rings. The minimum absolute atomic E-state index is 0.0705. The molecule has 1 aromatic heterocycles. The van der Waals surface area contributed by atoms with E-state index in [1.165, 1.54) is 22.5 Å². The summed E-state index contributed by atoms with van der Waals surface area (Å²) in [6.45, 7) is 0.563. The summed E-state index contributed by atoms with van der Waals surface area (Å²) in [6.07, 6.45) is 3.65. The second kappa shape index (κ2) is 6.37. The summed E-state index contributed by atoms with van der Waals surface area (Å²) in [7, 11) is 0. The largest absolute Gasteiger partial charge is 0.348 e. The van der Waals surface area contributed by atoms with Gasteiger partial charge in [-0.25, -0.2) is 4.98 Å². The van der Waals surface area contributed by atoms with E-state index in [1.807, 2.05) is 5.38 Å². The molecule has 0 fully saturated rings. The van der Waals surface area contributed by atoms with Crippen LogP contribution in [0.5, 0.6) is 0 Å². The number of aryl methyl sites for hydroxylation is 1. The molecule has 0 saturated heterocycles. The fourth-order valence-corrected chi connectivity index (χ4v) is 3.53. The lowest BCUT2D eigenvalue weighted by atomic mass is 9.88. The van der Waals surface area contributed by atoms with Crippen LogP contribution in [0.4, 0.5) is 0 Å². The van der Waals surface area contributed by atoms with Gasteiger partial charge in [0.2, 0.25) is 0 Å². The summed E-state index contributed by atoms with van der Waals surface area (Å²) in [6, 6.07) is 8.66.